The molecule has 0 saturated heterocycles. The van der Waals surface area contributed by atoms with Crippen molar-refractivity contribution in [2.24, 2.45) is 0 Å². The van der Waals surface area contributed by atoms with Crippen LogP contribution in [0.2, 0.25) is 0 Å². The molecule has 0 spiro atoms. The van der Waals surface area contributed by atoms with Crippen molar-refractivity contribution in [3.63, 3.8) is 0 Å². The zero-order valence-corrected chi connectivity index (χ0v) is 19.8. The van der Waals surface area contributed by atoms with Crippen molar-refractivity contribution in [1.82, 2.24) is 20.3 Å². The van der Waals surface area contributed by atoms with Gasteiger partial charge in [-0.15, -0.1) is 0 Å². The Bertz CT molecular complexity index is 916. The van der Waals surface area contributed by atoms with Crippen molar-refractivity contribution in [2.45, 2.75) is 78.0 Å². The molecule has 0 fully saturated rings. The summed E-state index contributed by atoms with van der Waals surface area (Å²) in [6.07, 6.45) is 4.60. The number of carbonyl (C=O) groups excluding carboxylic acids is 1. The first-order valence-electron chi connectivity index (χ1n) is 10.9. The first-order chi connectivity index (χ1) is 14.4. The molecule has 1 amide bonds. The standard InChI is InChI=1S/C24H35N5O2/c1-23(2,3)28-22(30)19(15-31-24(4,5)6)29(7)21-16-11-10-13-17(16)26-20(27-21)18-12-8-9-14-25-18/h8-9,12,14,19H,10-11,13,15H2,1-7H3,(H,28,30). The molecule has 1 aliphatic rings. The summed E-state index contributed by atoms with van der Waals surface area (Å²) >= 11 is 0. The van der Waals surface area contributed by atoms with Crippen LogP contribution in [0.15, 0.2) is 24.4 Å². The third-order valence-electron chi connectivity index (χ3n) is 5.08. The third kappa shape index (κ3) is 6.00. The van der Waals surface area contributed by atoms with E-state index in [1.165, 1.54) is 0 Å². The lowest BCUT2D eigenvalue weighted by Gasteiger charge is -2.34. The Hall–Kier alpha value is -2.54. The van der Waals surface area contributed by atoms with E-state index >= 15 is 0 Å². The predicted molar refractivity (Wildman–Crippen MR) is 123 cm³/mol. The third-order valence-corrected chi connectivity index (χ3v) is 5.08. The van der Waals surface area contributed by atoms with Crippen LogP contribution in [0.5, 0.6) is 0 Å². The Labute approximate surface area is 185 Å². The molecule has 2 aromatic heterocycles. The van der Waals surface area contributed by atoms with Crippen LogP contribution in [0.4, 0.5) is 5.82 Å². The number of nitrogens with zero attached hydrogens (tertiary/aromatic N) is 4. The summed E-state index contributed by atoms with van der Waals surface area (Å²) in [6, 6.07) is 5.20. The number of carbonyl (C=O) groups is 1. The van der Waals surface area contributed by atoms with Crippen LogP contribution in [-0.2, 0) is 22.4 Å². The number of anilines is 1. The quantitative estimate of drug-likeness (QED) is 0.762. The van der Waals surface area contributed by atoms with Gasteiger partial charge in [-0.1, -0.05) is 6.07 Å². The van der Waals surface area contributed by atoms with Crippen molar-refractivity contribution in [1.29, 1.82) is 0 Å². The monoisotopic (exact) mass is 425 g/mol. The number of ether oxygens (including phenoxy) is 1. The molecular weight excluding hydrogens is 390 g/mol. The number of nitrogens with one attached hydrogen (secondary N) is 1. The van der Waals surface area contributed by atoms with E-state index in [0.717, 1.165) is 42.0 Å². The minimum atomic E-state index is -0.519. The van der Waals surface area contributed by atoms with Crippen LogP contribution >= 0.6 is 0 Å². The van der Waals surface area contributed by atoms with Crippen LogP contribution in [-0.4, -0.2) is 51.7 Å². The van der Waals surface area contributed by atoms with Gasteiger partial charge in [-0.2, -0.15) is 0 Å². The van der Waals surface area contributed by atoms with Crippen molar-refractivity contribution >= 4 is 11.7 Å². The van der Waals surface area contributed by atoms with Gasteiger partial charge >= 0.3 is 0 Å². The highest BCUT2D eigenvalue weighted by Gasteiger charge is 2.32. The minimum absolute atomic E-state index is 0.0796. The topological polar surface area (TPSA) is 80.2 Å². The Morgan fingerprint density at radius 3 is 2.52 bits per heavy atom. The number of hydrogen-bond donors (Lipinski definition) is 1. The average molecular weight is 426 g/mol. The van der Waals surface area contributed by atoms with E-state index in [9.17, 15) is 4.79 Å². The Morgan fingerprint density at radius 2 is 1.90 bits per heavy atom. The van der Waals surface area contributed by atoms with Crippen LogP contribution in [0.3, 0.4) is 0 Å². The van der Waals surface area contributed by atoms with Crippen LogP contribution in [0.25, 0.3) is 11.5 Å². The highest BCUT2D eigenvalue weighted by molar-refractivity contribution is 5.86. The zero-order valence-electron chi connectivity index (χ0n) is 19.8. The van der Waals surface area contributed by atoms with Crippen LogP contribution < -0.4 is 10.2 Å². The van der Waals surface area contributed by atoms with Crippen LogP contribution in [0, 0.1) is 0 Å². The molecule has 7 nitrogen and oxygen atoms in total. The Kier molecular flexibility index (Phi) is 6.65. The number of pyridine rings is 1. The lowest BCUT2D eigenvalue weighted by Crippen LogP contribution is -2.54. The van der Waals surface area contributed by atoms with Crippen molar-refractivity contribution in [3.05, 3.63) is 35.7 Å². The molecule has 1 unspecified atom stereocenters. The summed E-state index contributed by atoms with van der Waals surface area (Å²) < 4.78 is 6.05. The van der Waals surface area contributed by atoms with Gasteiger partial charge in [0.25, 0.3) is 0 Å². The SMILES string of the molecule is CN(c1nc(-c2ccccn2)nc2c1CCC2)C(COC(C)(C)C)C(=O)NC(C)(C)C. The molecule has 0 radical (unpaired) electrons. The molecule has 2 heterocycles. The molecule has 7 heteroatoms. The fourth-order valence-electron chi connectivity index (χ4n) is 3.61. The first kappa shape index (κ1) is 23.1. The van der Waals surface area contributed by atoms with E-state index in [2.05, 4.69) is 10.3 Å². The maximum atomic E-state index is 13.3. The van der Waals surface area contributed by atoms with Gasteiger partial charge in [0, 0.05) is 30.0 Å². The molecule has 1 aliphatic carbocycles. The van der Waals surface area contributed by atoms with E-state index < -0.39 is 6.04 Å². The normalized spacial score (nSPS) is 14.8. The first-order valence-corrected chi connectivity index (χ1v) is 10.9. The molecule has 0 bridgehead atoms. The Balaban J connectivity index is 2.00. The van der Waals surface area contributed by atoms with Gasteiger partial charge in [-0.3, -0.25) is 9.78 Å². The number of hydrogen-bond acceptors (Lipinski definition) is 6. The number of amides is 1. The van der Waals surface area contributed by atoms with Gasteiger partial charge in [-0.05, 0) is 72.9 Å². The van der Waals surface area contributed by atoms with E-state index in [1.807, 2.05) is 71.7 Å². The summed E-state index contributed by atoms with van der Waals surface area (Å²) in [5.74, 6) is 1.30. The smallest absolute Gasteiger partial charge is 0.245 e. The number of aromatic nitrogens is 3. The van der Waals surface area contributed by atoms with Crippen molar-refractivity contribution < 1.29 is 9.53 Å². The largest absolute Gasteiger partial charge is 0.373 e. The summed E-state index contributed by atoms with van der Waals surface area (Å²) in [4.78, 5) is 29.3. The lowest BCUT2D eigenvalue weighted by molar-refractivity contribution is -0.126. The Morgan fingerprint density at radius 1 is 1.16 bits per heavy atom. The molecule has 1 N–H and O–H groups in total. The van der Waals surface area contributed by atoms with Gasteiger partial charge in [0.05, 0.1) is 12.2 Å². The summed E-state index contributed by atoms with van der Waals surface area (Å²) in [6.45, 7) is 12.2. The summed E-state index contributed by atoms with van der Waals surface area (Å²) in [5.41, 5.74) is 2.20. The fraction of sp³-hybridized carbons (Fsp3) is 0.583. The maximum absolute atomic E-state index is 13.3. The van der Waals surface area contributed by atoms with Gasteiger partial charge in [-0.25, -0.2) is 9.97 Å². The highest BCUT2D eigenvalue weighted by atomic mass is 16.5. The molecule has 0 aliphatic heterocycles. The van der Waals surface area contributed by atoms with Crippen molar-refractivity contribution in [3.8, 4) is 11.5 Å². The molecule has 3 rings (SSSR count). The number of fused-ring (bicyclic) bond motifs is 1. The lowest BCUT2D eigenvalue weighted by atomic mass is 10.1. The maximum Gasteiger partial charge on any atom is 0.245 e. The van der Waals surface area contributed by atoms with Gasteiger partial charge < -0.3 is 15.0 Å². The fourth-order valence-corrected chi connectivity index (χ4v) is 3.61. The summed E-state index contributed by atoms with van der Waals surface area (Å²) in [5, 5.41) is 3.10. The predicted octanol–water partition coefficient (Wildman–Crippen LogP) is 3.56. The number of rotatable bonds is 6. The molecule has 0 aromatic carbocycles. The molecule has 168 valence electrons. The van der Waals surface area contributed by atoms with E-state index in [4.69, 9.17) is 14.7 Å². The number of aryl methyl sites for hydroxylation is 1. The minimum Gasteiger partial charge on any atom is -0.373 e. The van der Waals surface area contributed by atoms with Gasteiger partial charge in [0.2, 0.25) is 5.91 Å². The highest BCUT2D eigenvalue weighted by Crippen LogP contribution is 2.31. The van der Waals surface area contributed by atoms with E-state index in [1.54, 1.807) is 6.20 Å². The van der Waals surface area contributed by atoms with Crippen LogP contribution in [0.1, 0.15) is 59.2 Å². The molecule has 1 atom stereocenters. The summed E-state index contributed by atoms with van der Waals surface area (Å²) in [7, 11) is 1.92. The zero-order chi connectivity index (χ0) is 22.8. The van der Waals surface area contributed by atoms with Gasteiger partial charge in [0.1, 0.15) is 17.6 Å². The molecule has 0 saturated carbocycles. The average Bonchev–Trinajstić information content (AvgIpc) is 3.14. The second-order valence-electron chi connectivity index (χ2n) is 10.2. The second kappa shape index (κ2) is 8.91. The number of likely N-dealkylation sites (N-methyl/N-ethyl adjacent to an activating group) is 1. The second-order valence-corrected chi connectivity index (χ2v) is 10.2. The van der Waals surface area contributed by atoms with E-state index in [-0.39, 0.29) is 23.7 Å². The molecule has 2 aromatic rings. The molecular formula is C24H35N5O2. The molecule has 31 heavy (non-hydrogen) atoms. The van der Waals surface area contributed by atoms with Gasteiger partial charge in [0.15, 0.2) is 5.82 Å². The van der Waals surface area contributed by atoms with Crippen molar-refractivity contribution in [2.75, 3.05) is 18.6 Å². The van der Waals surface area contributed by atoms with E-state index in [0.29, 0.717) is 5.82 Å².